The minimum atomic E-state index is -0.802. The topological polar surface area (TPSA) is 141 Å². The number of hydrogen-bond acceptors (Lipinski definition) is 8. The fourth-order valence-electron chi connectivity index (χ4n) is 3.86. The van der Waals surface area contributed by atoms with Gasteiger partial charge in [-0.05, 0) is 31.0 Å². The third-order valence-electron chi connectivity index (χ3n) is 5.61. The normalized spacial score (nSPS) is 17.9. The zero-order chi connectivity index (χ0) is 23.4. The van der Waals surface area contributed by atoms with Crippen LogP contribution in [-0.4, -0.2) is 40.1 Å². The third kappa shape index (κ3) is 5.17. The number of hydrogen-bond donors (Lipinski definition) is 4. The summed E-state index contributed by atoms with van der Waals surface area (Å²) in [5, 5.41) is 6.14. The number of pyridine rings is 3. The summed E-state index contributed by atoms with van der Waals surface area (Å²) in [5.74, 6) is -0.863. The van der Waals surface area contributed by atoms with Gasteiger partial charge in [0.2, 0.25) is 5.88 Å². The summed E-state index contributed by atoms with van der Waals surface area (Å²) in [7, 11) is 1.54. The van der Waals surface area contributed by atoms with Gasteiger partial charge in [0.25, 0.3) is 5.91 Å². The van der Waals surface area contributed by atoms with E-state index in [0.29, 0.717) is 22.8 Å². The van der Waals surface area contributed by atoms with E-state index in [-0.39, 0.29) is 29.3 Å². The van der Waals surface area contributed by atoms with Crippen molar-refractivity contribution in [2.45, 2.75) is 37.8 Å². The predicted molar refractivity (Wildman–Crippen MR) is 124 cm³/mol. The van der Waals surface area contributed by atoms with Crippen LogP contribution in [0.5, 0.6) is 5.88 Å². The van der Waals surface area contributed by atoms with E-state index in [0.717, 1.165) is 31.7 Å². The Bertz CT molecular complexity index is 1160. The second-order valence-corrected chi connectivity index (χ2v) is 7.93. The van der Waals surface area contributed by atoms with Crippen molar-refractivity contribution in [2.75, 3.05) is 17.7 Å². The van der Waals surface area contributed by atoms with Gasteiger partial charge >= 0.3 is 0 Å². The number of halogens is 1. The lowest BCUT2D eigenvalue weighted by atomic mass is 9.91. The zero-order valence-electron chi connectivity index (χ0n) is 18.2. The van der Waals surface area contributed by atoms with Gasteiger partial charge in [-0.3, -0.25) is 9.78 Å². The molecule has 0 spiro atoms. The van der Waals surface area contributed by atoms with Crippen molar-refractivity contribution in [1.29, 1.82) is 0 Å². The molecule has 0 bridgehead atoms. The quantitative estimate of drug-likeness (QED) is 0.429. The summed E-state index contributed by atoms with van der Waals surface area (Å²) in [4.78, 5) is 24.9. The number of carbonyl (C=O) groups is 1. The number of nitrogens with zero attached hydrogens (tertiary/aromatic N) is 3. The van der Waals surface area contributed by atoms with Crippen LogP contribution in [0.25, 0.3) is 11.3 Å². The van der Waals surface area contributed by atoms with Crippen LogP contribution in [0, 0.1) is 5.82 Å². The molecule has 9 nitrogen and oxygen atoms in total. The molecule has 0 radical (unpaired) electrons. The second kappa shape index (κ2) is 9.78. The third-order valence-corrected chi connectivity index (χ3v) is 5.61. The molecule has 172 valence electrons. The average molecular weight is 452 g/mol. The molecule has 3 aromatic rings. The largest absolute Gasteiger partial charge is 0.481 e. The summed E-state index contributed by atoms with van der Waals surface area (Å²) >= 11 is 0. The SMILES string of the molecule is COc1cccc(-c2cncc(Nc3nc(N[C@@H]4CCCCC4N)c(F)cc3C(N)=O)c2)n1. The van der Waals surface area contributed by atoms with Crippen LogP contribution in [0.15, 0.2) is 42.7 Å². The number of rotatable bonds is 7. The molecule has 0 aromatic carbocycles. The minimum Gasteiger partial charge on any atom is -0.481 e. The van der Waals surface area contributed by atoms with E-state index in [1.165, 1.54) is 0 Å². The number of methoxy groups -OCH3 is 1. The zero-order valence-corrected chi connectivity index (χ0v) is 18.2. The van der Waals surface area contributed by atoms with Crippen LogP contribution in [0.1, 0.15) is 36.0 Å². The Morgan fingerprint density at radius 1 is 1.15 bits per heavy atom. The van der Waals surface area contributed by atoms with Gasteiger partial charge < -0.3 is 26.8 Å². The van der Waals surface area contributed by atoms with Gasteiger partial charge in [-0.2, -0.15) is 0 Å². The first-order valence-electron chi connectivity index (χ1n) is 10.7. The molecule has 3 aromatic heterocycles. The highest BCUT2D eigenvalue weighted by Crippen LogP contribution is 2.28. The predicted octanol–water partition coefficient (Wildman–Crippen LogP) is 3.21. The maximum atomic E-state index is 14.7. The highest BCUT2D eigenvalue weighted by atomic mass is 19.1. The molecule has 1 amide bonds. The maximum Gasteiger partial charge on any atom is 0.252 e. The van der Waals surface area contributed by atoms with Crippen LogP contribution in [0.3, 0.4) is 0 Å². The molecule has 4 rings (SSSR count). The Morgan fingerprint density at radius 2 is 1.97 bits per heavy atom. The Balaban J connectivity index is 1.64. The fourth-order valence-corrected chi connectivity index (χ4v) is 3.86. The fraction of sp³-hybridized carbons (Fsp3) is 0.304. The summed E-state index contributed by atoms with van der Waals surface area (Å²) in [6.07, 6.45) is 6.95. The van der Waals surface area contributed by atoms with Crippen molar-refractivity contribution in [1.82, 2.24) is 15.0 Å². The number of carbonyl (C=O) groups excluding carboxylic acids is 1. The van der Waals surface area contributed by atoms with Crippen molar-refractivity contribution in [3.05, 3.63) is 54.1 Å². The van der Waals surface area contributed by atoms with Gasteiger partial charge in [-0.1, -0.05) is 18.9 Å². The first-order valence-corrected chi connectivity index (χ1v) is 10.7. The van der Waals surface area contributed by atoms with Crippen molar-refractivity contribution < 1.29 is 13.9 Å². The minimum absolute atomic E-state index is 0.0171. The molecule has 1 fully saturated rings. The summed E-state index contributed by atoms with van der Waals surface area (Å²) in [5.41, 5.74) is 13.5. The van der Waals surface area contributed by atoms with E-state index in [2.05, 4.69) is 25.6 Å². The summed E-state index contributed by atoms with van der Waals surface area (Å²) < 4.78 is 19.9. The molecule has 0 aliphatic heterocycles. The Hall–Kier alpha value is -3.79. The lowest BCUT2D eigenvalue weighted by Crippen LogP contribution is -2.43. The molecule has 3 heterocycles. The van der Waals surface area contributed by atoms with Gasteiger partial charge in [0, 0.05) is 29.9 Å². The van der Waals surface area contributed by atoms with Crippen LogP contribution < -0.4 is 26.8 Å². The van der Waals surface area contributed by atoms with Crippen LogP contribution in [-0.2, 0) is 0 Å². The molecule has 1 saturated carbocycles. The lowest BCUT2D eigenvalue weighted by Gasteiger charge is -2.30. The van der Waals surface area contributed by atoms with Gasteiger partial charge in [-0.15, -0.1) is 0 Å². The first kappa shape index (κ1) is 22.4. The number of nitrogens with one attached hydrogen (secondary N) is 2. The smallest absolute Gasteiger partial charge is 0.252 e. The highest BCUT2D eigenvalue weighted by Gasteiger charge is 2.24. The van der Waals surface area contributed by atoms with Gasteiger partial charge in [-0.25, -0.2) is 14.4 Å². The summed E-state index contributed by atoms with van der Waals surface area (Å²) in [6, 6.07) is 8.06. The molecule has 10 heteroatoms. The second-order valence-electron chi connectivity index (χ2n) is 7.93. The number of primary amides is 1. The van der Waals surface area contributed by atoms with Crippen molar-refractivity contribution >= 4 is 23.2 Å². The Kier molecular flexibility index (Phi) is 6.64. The van der Waals surface area contributed by atoms with E-state index in [1.54, 1.807) is 31.6 Å². The molecule has 33 heavy (non-hydrogen) atoms. The number of amides is 1. The van der Waals surface area contributed by atoms with Gasteiger partial charge in [0.1, 0.15) is 5.82 Å². The van der Waals surface area contributed by atoms with Gasteiger partial charge in [0.15, 0.2) is 11.6 Å². The molecule has 2 atom stereocenters. The maximum absolute atomic E-state index is 14.7. The first-order chi connectivity index (χ1) is 15.9. The van der Waals surface area contributed by atoms with E-state index < -0.39 is 11.7 Å². The van der Waals surface area contributed by atoms with E-state index in [9.17, 15) is 9.18 Å². The molecule has 6 N–H and O–H groups in total. The average Bonchev–Trinajstić information content (AvgIpc) is 2.82. The van der Waals surface area contributed by atoms with Crippen molar-refractivity contribution in [2.24, 2.45) is 11.5 Å². The van der Waals surface area contributed by atoms with Crippen molar-refractivity contribution in [3.8, 4) is 17.1 Å². The van der Waals surface area contributed by atoms with E-state index in [1.807, 2.05) is 12.1 Å². The monoisotopic (exact) mass is 451 g/mol. The van der Waals surface area contributed by atoms with E-state index >= 15 is 0 Å². The standard InChI is InChI=1S/C23H26FN7O2/c1-33-20-8-4-7-18(29-20)13-9-14(12-27-11-13)28-22-15(21(26)32)10-16(24)23(31-22)30-19-6-3-2-5-17(19)25/h4,7-12,17,19H,2-3,5-6,25H2,1H3,(H2,26,32)(H2,28,30,31)/t17?,19-/m1/s1. The molecular formula is C23H26FN7O2. The number of aromatic nitrogens is 3. The van der Waals surface area contributed by atoms with Crippen molar-refractivity contribution in [3.63, 3.8) is 0 Å². The van der Waals surface area contributed by atoms with Gasteiger partial charge in [0.05, 0.1) is 30.3 Å². The molecule has 0 saturated heterocycles. The van der Waals surface area contributed by atoms with E-state index in [4.69, 9.17) is 16.2 Å². The Morgan fingerprint density at radius 3 is 2.73 bits per heavy atom. The number of anilines is 3. The number of nitrogens with two attached hydrogens (primary N) is 2. The number of ether oxygens (including phenoxy) is 1. The summed E-state index contributed by atoms with van der Waals surface area (Å²) in [6.45, 7) is 0. The molecular weight excluding hydrogens is 425 g/mol. The van der Waals surface area contributed by atoms with Crippen LogP contribution in [0.4, 0.5) is 21.7 Å². The molecule has 1 unspecified atom stereocenters. The molecule has 1 aliphatic carbocycles. The van der Waals surface area contributed by atoms with Crippen LogP contribution in [0.2, 0.25) is 0 Å². The lowest BCUT2D eigenvalue weighted by molar-refractivity contribution is 0.100. The highest BCUT2D eigenvalue weighted by molar-refractivity contribution is 5.98. The Labute approximate surface area is 190 Å². The molecule has 1 aliphatic rings. The van der Waals surface area contributed by atoms with Crippen LogP contribution >= 0.6 is 0 Å².